The van der Waals surface area contributed by atoms with Crippen LogP contribution < -0.4 is 10.6 Å². The predicted octanol–water partition coefficient (Wildman–Crippen LogP) is 8.76. The first-order valence-corrected chi connectivity index (χ1v) is 13.1. The van der Waals surface area contributed by atoms with Crippen LogP contribution in [-0.2, 0) is 4.79 Å². The molecule has 1 rings (SSSR count). The number of halogens is 4. The number of carbonyl (C=O) groups is 1. The first-order valence-electron chi connectivity index (χ1n) is 11.2. The molecule has 0 radical (unpaired) electrons. The van der Waals surface area contributed by atoms with Crippen molar-refractivity contribution in [2.24, 2.45) is 0 Å². The number of hydrogen-bond acceptors (Lipinski definition) is 2. The van der Waals surface area contributed by atoms with Crippen molar-refractivity contribution in [2.75, 3.05) is 5.32 Å². The quantitative estimate of drug-likeness (QED) is 0.125. The second-order valence-electron chi connectivity index (χ2n) is 7.83. The molecule has 172 valence electrons. The Kier molecular flexibility index (Phi) is 15.3. The largest absolute Gasteiger partial charge is 0.362 e. The topological polar surface area (TPSA) is 41.1 Å². The van der Waals surface area contributed by atoms with Crippen LogP contribution in [0.15, 0.2) is 28.7 Å². The normalized spacial score (nSPS) is 12.6. The van der Waals surface area contributed by atoms with Crippen LogP contribution in [0.4, 0.5) is 5.69 Å². The number of rotatable bonds is 16. The molecule has 0 fully saturated rings. The lowest BCUT2D eigenvalue weighted by Crippen LogP contribution is -2.49. The minimum absolute atomic E-state index is 0.108. The van der Waals surface area contributed by atoms with Crippen molar-refractivity contribution in [1.82, 2.24) is 5.32 Å². The van der Waals surface area contributed by atoms with Crippen molar-refractivity contribution in [1.29, 1.82) is 0 Å². The zero-order valence-electron chi connectivity index (χ0n) is 18.0. The van der Waals surface area contributed by atoms with Gasteiger partial charge in [0.15, 0.2) is 0 Å². The molecule has 7 heteroatoms. The molecule has 0 spiro atoms. The molecule has 0 unspecified atom stereocenters. The summed E-state index contributed by atoms with van der Waals surface area (Å²) in [6.45, 7) is 2.25. The summed E-state index contributed by atoms with van der Waals surface area (Å²) in [5.41, 5.74) is 0.764. The van der Waals surface area contributed by atoms with E-state index in [1.165, 1.54) is 64.2 Å². The van der Waals surface area contributed by atoms with E-state index >= 15 is 0 Å². The van der Waals surface area contributed by atoms with Crippen LogP contribution >= 0.6 is 50.7 Å². The van der Waals surface area contributed by atoms with Gasteiger partial charge in [-0.05, 0) is 30.7 Å². The van der Waals surface area contributed by atoms with Gasteiger partial charge in [-0.15, -0.1) is 0 Å². The van der Waals surface area contributed by atoms with Crippen molar-refractivity contribution in [3.05, 3.63) is 28.7 Å². The summed E-state index contributed by atoms with van der Waals surface area (Å²) in [6, 6.07) is 7.47. The molecule has 1 atom stereocenters. The highest BCUT2D eigenvalue weighted by Gasteiger charge is 2.33. The summed E-state index contributed by atoms with van der Waals surface area (Å²) < 4.78 is -0.700. The van der Waals surface area contributed by atoms with Gasteiger partial charge in [-0.25, -0.2) is 0 Å². The Bertz CT molecular complexity index is 579. The zero-order chi connectivity index (χ0) is 22.2. The van der Waals surface area contributed by atoms with E-state index in [9.17, 15) is 4.79 Å². The monoisotopic (exact) mass is 540 g/mol. The van der Waals surface area contributed by atoms with Gasteiger partial charge in [0.1, 0.15) is 6.17 Å². The zero-order valence-corrected chi connectivity index (χ0v) is 21.9. The van der Waals surface area contributed by atoms with Crippen molar-refractivity contribution in [3.63, 3.8) is 0 Å². The number of benzene rings is 1. The van der Waals surface area contributed by atoms with E-state index in [0.29, 0.717) is 6.42 Å². The van der Waals surface area contributed by atoms with Gasteiger partial charge < -0.3 is 10.6 Å². The van der Waals surface area contributed by atoms with Crippen molar-refractivity contribution in [3.8, 4) is 0 Å². The molecule has 1 amide bonds. The van der Waals surface area contributed by atoms with E-state index in [1.54, 1.807) is 0 Å². The summed E-state index contributed by atoms with van der Waals surface area (Å²) in [7, 11) is 0. The highest BCUT2D eigenvalue weighted by atomic mass is 79.9. The van der Waals surface area contributed by atoms with Gasteiger partial charge >= 0.3 is 0 Å². The fourth-order valence-electron chi connectivity index (χ4n) is 3.27. The maximum atomic E-state index is 12.3. The third-order valence-electron chi connectivity index (χ3n) is 5.05. The molecule has 0 aliphatic carbocycles. The van der Waals surface area contributed by atoms with Gasteiger partial charge in [0.2, 0.25) is 9.70 Å². The van der Waals surface area contributed by atoms with Crippen LogP contribution in [0.1, 0.15) is 90.4 Å². The molecule has 0 saturated heterocycles. The minimum atomic E-state index is -1.65. The van der Waals surface area contributed by atoms with Gasteiger partial charge in [0.05, 0.1) is 0 Å². The fourth-order valence-corrected chi connectivity index (χ4v) is 3.86. The van der Waals surface area contributed by atoms with Crippen molar-refractivity contribution in [2.45, 2.75) is 100 Å². The van der Waals surface area contributed by atoms with Gasteiger partial charge in [0.25, 0.3) is 0 Å². The molecule has 2 N–H and O–H groups in total. The molecule has 1 aromatic carbocycles. The van der Waals surface area contributed by atoms with E-state index in [2.05, 4.69) is 33.5 Å². The van der Waals surface area contributed by atoms with Crippen molar-refractivity contribution < 1.29 is 4.79 Å². The minimum Gasteiger partial charge on any atom is -0.362 e. The second-order valence-corrected chi connectivity index (χ2v) is 11.1. The SMILES string of the molecule is CCCCCCCCCCCCCCC(=O)N[C@H](Nc1ccc(Br)cc1)C(Cl)(Cl)Cl. The first-order chi connectivity index (χ1) is 14.3. The van der Waals surface area contributed by atoms with Gasteiger partial charge in [0, 0.05) is 16.6 Å². The number of hydrogen-bond donors (Lipinski definition) is 2. The maximum Gasteiger partial charge on any atom is 0.228 e. The average molecular weight is 543 g/mol. The molecule has 30 heavy (non-hydrogen) atoms. The summed E-state index contributed by atoms with van der Waals surface area (Å²) in [5.74, 6) is -0.108. The van der Waals surface area contributed by atoms with E-state index in [-0.39, 0.29) is 5.91 Å². The van der Waals surface area contributed by atoms with Gasteiger partial charge in [-0.2, -0.15) is 0 Å². The molecule has 3 nitrogen and oxygen atoms in total. The number of anilines is 1. The lowest BCUT2D eigenvalue weighted by atomic mass is 10.0. The van der Waals surface area contributed by atoms with Crippen LogP contribution in [0, 0.1) is 0 Å². The molecule has 0 aromatic heterocycles. The molecule has 0 heterocycles. The predicted molar refractivity (Wildman–Crippen MR) is 136 cm³/mol. The Hall–Kier alpha value is -0.160. The number of nitrogens with one attached hydrogen (secondary N) is 2. The Morgan fingerprint density at radius 1 is 0.867 bits per heavy atom. The van der Waals surface area contributed by atoms with Gasteiger partial charge in [-0.1, -0.05) is 128 Å². The molecular weight excluding hydrogens is 507 g/mol. The molecule has 0 bridgehead atoms. The Morgan fingerprint density at radius 3 is 1.80 bits per heavy atom. The average Bonchev–Trinajstić information content (AvgIpc) is 2.69. The second kappa shape index (κ2) is 16.5. The highest BCUT2D eigenvalue weighted by Crippen LogP contribution is 2.31. The number of amides is 1. The molecule has 1 aromatic rings. The number of carbonyl (C=O) groups excluding carboxylic acids is 1. The van der Waals surface area contributed by atoms with E-state index in [1.807, 2.05) is 24.3 Å². The standard InChI is InChI=1S/C23H36BrCl3N2O/c1-2-3-4-5-6-7-8-9-10-11-12-13-14-21(30)29-22(23(25,26)27)28-20-17-15-19(24)16-18-20/h15-18,22,28H,2-14H2,1H3,(H,29,30)/t22-/m0/s1. The summed E-state index contributed by atoms with van der Waals surface area (Å²) >= 11 is 21.5. The molecule has 0 aliphatic heterocycles. The summed E-state index contributed by atoms with van der Waals surface area (Å²) in [5, 5.41) is 5.88. The number of unbranched alkanes of at least 4 members (excludes halogenated alkanes) is 11. The van der Waals surface area contributed by atoms with Gasteiger partial charge in [-0.3, -0.25) is 4.79 Å². The maximum absolute atomic E-state index is 12.3. The lowest BCUT2D eigenvalue weighted by molar-refractivity contribution is -0.121. The Labute approximate surface area is 206 Å². The van der Waals surface area contributed by atoms with Crippen molar-refractivity contribution >= 4 is 62.3 Å². The van der Waals surface area contributed by atoms with E-state index in [4.69, 9.17) is 34.8 Å². The summed E-state index contributed by atoms with van der Waals surface area (Å²) in [4.78, 5) is 12.3. The third-order valence-corrected chi connectivity index (χ3v) is 6.23. The van der Waals surface area contributed by atoms with E-state index in [0.717, 1.165) is 23.0 Å². The van der Waals surface area contributed by atoms with Crippen LogP contribution in [0.3, 0.4) is 0 Å². The molecule has 0 saturated carbocycles. The third kappa shape index (κ3) is 14.0. The van der Waals surface area contributed by atoms with Crippen LogP contribution in [0.5, 0.6) is 0 Å². The summed E-state index contributed by atoms with van der Waals surface area (Å²) in [6.07, 6.45) is 14.8. The lowest BCUT2D eigenvalue weighted by Gasteiger charge is -2.27. The first kappa shape index (κ1) is 27.9. The van der Waals surface area contributed by atoms with Crippen LogP contribution in [0.2, 0.25) is 0 Å². The van der Waals surface area contributed by atoms with Crippen LogP contribution in [0.25, 0.3) is 0 Å². The smallest absolute Gasteiger partial charge is 0.228 e. The molecular formula is C23H36BrCl3N2O. The number of alkyl halides is 3. The fraction of sp³-hybridized carbons (Fsp3) is 0.696. The Morgan fingerprint density at radius 2 is 1.33 bits per heavy atom. The van der Waals surface area contributed by atoms with Crippen LogP contribution in [-0.4, -0.2) is 15.9 Å². The Balaban J connectivity index is 2.15. The van der Waals surface area contributed by atoms with E-state index < -0.39 is 9.96 Å². The molecule has 0 aliphatic rings. The highest BCUT2D eigenvalue weighted by molar-refractivity contribution is 9.10.